The Labute approximate surface area is 187 Å². The van der Waals surface area contributed by atoms with Crippen LogP contribution in [-0.2, 0) is 16.1 Å². The van der Waals surface area contributed by atoms with E-state index in [-0.39, 0.29) is 30.7 Å². The van der Waals surface area contributed by atoms with Crippen molar-refractivity contribution >= 4 is 28.6 Å². The monoisotopic (exact) mass is 432 g/mol. The molecule has 1 aliphatic rings. The number of para-hydroxylation sites is 1. The zero-order valence-corrected chi connectivity index (χ0v) is 18.3. The molecule has 1 aromatic heterocycles. The quantitative estimate of drug-likeness (QED) is 0.650. The molecule has 1 N–H and O–H groups in total. The molecule has 32 heavy (non-hydrogen) atoms. The van der Waals surface area contributed by atoms with Crippen LogP contribution in [0.2, 0.25) is 0 Å². The molecule has 7 nitrogen and oxygen atoms in total. The van der Waals surface area contributed by atoms with Crippen molar-refractivity contribution in [3.63, 3.8) is 0 Å². The number of piperazine rings is 1. The Kier molecular flexibility index (Phi) is 6.54. The number of nitrogens with zero attached hydrogens (tertiary/aromatic N) is 3. The summed E-state index contributed by atoms with van der Waals surface area (Å²) in [4.78, 5) is 40.3. The maximum atomic E-state index is 12.9. The van der Waals surface area contributed by atoms with Crippen LogP contribution in [0.4, 0.5) is 0 Å². The SMILES string of the molecule is CC(=O)N1CCN(C(=O)CCNC(=O)c2cn(Cc3ccccc3)c3ccccc23)CC1. The molecule has 0 saturated carbocycles. The van der Waals surface area contributed by atoms with Crippen molar-refractivity contribution < 1.29 is 14.4 Å². The number of hydrogen-bond donors (Lipinski definition) is 1. The Hall–Kier alpha value is -3.61. The Morgan fingerprint density at radius 3 is 2.25 bits per heavy atom. The summed E-state index contributed by atoms with van der Waals surface area (Å²) in [7, 11) is 0. The molecular formula is C25H28N4O3. The number of hydrogen-bond acceptors (Lipinski definition) is 3. The number of rotatable bonds is 6. The lowest BCUT2D eigenvalue weighted by atomic mass is 10.1. The van der Waals surface area contributed by atoms with Gasteiger partial charge in [-0.25, -0.2) is 0 Å². The standard InChI is InChI=1S/C25H28N4O3/c1-19(30)27-13-15-28(16-14-27)24(31)11-12-26-25(32)22-18-29(17-20-7-3-2-4-8-20)23-10-6-5-9-21(22)23/h2-10,18H,11-17H2,1H3,(H,26,32). The minimum absolute atomic E-state index is 0.00000726. The van der Waals surface area contributed by atoms with E-state index < -0.39 is 0 Å². The smallest absolute Gasteiger partial charge is 0.253 e. The molecule has 7 heteroatoms. The lowest BCUT2D eigenvalue weighted by Gasteiger charge is -2.34. The van der Waals surface area contributed by atoms with E-state index in [0.717, 1.165) is 16.5 Å². The van der Waals surface area contributed by atoms with Gasteiger partial charge in [-0.1, -0.05) is 48.5 Å². The molecule has 1 aliphatic heterocycles. The van der Waals surface area contributed by atoms with Crippen LogP contribution in [0.3, 0.4) is 0 Å². The molecule has 0 unspecified atom stereocenters. The predicted molar refractivity (Wildman–Crippen MR) is 123 cm³/mol. The van der Waals surface area contributed by atoms with Crippen LogP contribution >= 0.6 is 0 Å². The largest absolute Gasteiger partial charge is 0.351 e. The number of nitrogens with one attached hydrogen (secondary N) is 1. The van der Waals surface area contributed by atoms with Crippen LogP contribution in [0.25, 0.3) is 10.9 Å². The van der Waals surface area contributed by atoms with Crippen LogP contribution in [0.15, 0.2) is 60.8 Å². The average molecular weight is 433 g/mol. The summed E-state index contributed by atoms with van der Waals surface area (Å²) in [5, 5.41) is 3.80. The van der Waals surface area contributed by atoms with Crippen LogP contribution < -0.4 is 5.32 Å². The van der Waals surface area contributed by atoms with Gasteiger partial charge in [-0.3, -0.25) is 14.4 Å². The maximum Gasteiger partial charge on any atom is 0.253 e. The second kappa shape index (κ2) is 9.68. The van der Waals surface area contributed by atoms with Crippen molar-refractivity contribution in [2.45, 2.75) is 19.9 Å². The van der Waals surface area contributed by atoms with Gasteiger partial charge in [0, 0.05) is 69.7 Å². The fourth-order valence-electron chi connectivity index (χ4n) is 4.15. The maximum absolute atomic E-state index is 12.9. The first kappa shape index (κ1) is 21.6. The molecule has 2 heterocycles. The van der Waals surface area contributed by atoms with Gasteiger partial charge in [0.25, 0.3) is 5.91 Å². The molecule has 0 atom stereocenters. The first-order valence-corrected chi connectivity index (χ1v) is 11.0. The molecule has 3 aromatic rings. The summed E-state index contributed by atoms with van der Waals surface area (Å²) in [6.45, 7) is 4.72. The Bertz CT molecular complexity index is 1110. The van der Waals surface area contributed by atoms with Crippen molar-refractivity contribution in [2.24, 2.45) is 0 Å². The summed E-state index contributed by atoms with van der Waals surface area (Å²) in [6, 6.07) is 18.0. The number of carbonyl (C=O) groups excluding carboxylic acids is 3. The zero-order chi connectivity index (χ0) is 22.5. The summed E-state index contributed by atoms with van der Waals surface area (Å²) >= 11 is 0. The van der Waals surface area contributed by atoms with E-state index in [4.69, 9.17) is 0 Å². The lowest BCUT2D eigenvalue weighted by Crippen LogP contribution is -2.50. The molecule has 0 aliphatic carbocycles. The van der Waals surface area contributed by atoms with Crippen LogP contribution in [0, 0.1) is 0 Å². The van der Waals surface area contributed by atoms with Gasteiger partial charge in [0.1, 0.15) is 0 Å². The summed E-state index contributed by atoms with van der Waals surface area (Å²) in [5.41, 5.74) is 2.77. The van der Waals surface area contributed by atoms with E-state index in [1.54, 1.807) is 16.7 Å². The molecular weight excluding hydrogens is 404 g/mol. The van der Waals surface area contributed by atoms with Gasteiger partial charge in [0.15, 0.2) is 0 Å². The second-order valence-corrected chi connectivity index (χ2v) is 8.07. The van der Waals surface area contributed by atoms with Gasteiger partial charge in [-0.15, -0.1) is 0 Å². The van der Waals surface area contributed by atoms with Crippen molar-refractivity contribution in [3.05, 3.63) is 71.9 Å². The van der Waals surface area contributed by atoms with E-state index in [1.807, 2.05) is 48.7 Å². The average Bonchev–Trinajstić information content (AvgIpc) is 3.18. The summed E-state index contributed by atoms with van der Waals surface area (Å²) in [5.74, 6) is -0.141. The first-order valence-electron chi connectivity index (χ1n) is 11.0. The van der Waals surface area contributed by atoms with Gasteiger partial charge in [-0.2, -0.15) is 0 Å². The van der Waals surface area contributed by atoms with Crippen LogP contribution in [0.5, 0.6) is 0 Å². The highest BCUT2D eigenvalue weighted by molar-refractivity contribution is 6.07. The molecule has 1 fully saturated rings. The second-order valence-electron chi connectivity index (χ2n) is 8.07. The van der Waals surface area contributed by atoms with Crippen molar-refractivity contribution in [1.29, 1.82) is 0 Å². The van der Waals surface area contributed by atoms with E-state index >= 15 is 0 Å². The minimum atomic E-state index is -0.179. The van der Waals surface area contributed by atoms with Gasteiger partial charge in [0.2, 0.25) is 11.8 Å². The summed E-state index contributed by atoms with van der Waals surface area (Å²) in [6.07, 6.45) is 2.13. The molecule has 0 bridgehead atoms. The Balaban J connectivity index is 1.37. The van der Waals surface area contributed by atoms with E-state index in [9.17, 15) is 14.4 Å². The van der Waals surface area contributed by atoms with Crippen molar-refractivity contribution in [1.82, 2.24) is 19.7 Å². The minimum Gasteiger partial charge on any atom is -0.351 e. The Morgan fingerprint density at radius 1 is 0.875 bits per heavy atom. The number of aromatic nitrogens is 1. The number of benzene rings is 2. The highest BCUT2D eigenvalue weighted by Gasteiger charge is 2.22. The van der Waals surface area contributed by atoms with Crippen LogP contribution in [0.1, 0.15) is 29.3 Å². The molecule has 0 spiro atoms. The molecule has 2 aromatic carbocycles. The third kappa shape index (κ3) is 4.82. The fourth-order valence-corrected chi connectivity index (χ4v) is 4.15. The number of amides is 3. The van der Waals surface area contributed by atoms with E-state index in [1.165, 1.54) is 0 Å². The lowest BCUT2D eigenvalue weighted by molar-refractivity contribution is -0.138. The molecule has 1 saturated heterocycles. The molecule has 0 radical (unpaired) electrons. The van der Waals surface area contributed by atoms with Crippen molar-refractivity contribution in [3.8, 4) is 0 Å². The van der Waals surface area contributed by atoms with Gasteiger partial charge in [-0.05, 0) is 11.6 Å². The topological polar surface area (TPSA) is 74.7 Å². The zero-order valence-electron chi connectivity index (χ0n) is 18.3. The van der Waals surface area contributed by atoms with Gasteiger partial charge in [0.05, 0.1) is 5.56 Å². The Morgan fingerprint density at radius 2 is 1.53 bits per heavy atom. The number of fused-ring (bicyclic) bond motifs is 1. The highest BCUT2D eigenvalue weighted by Crippen LogP contribution is 2.22. The summed E-state index contributed by atoms with van der Waals surface area (Å²) < 4.78 is 2.08. The predicted octanol–water partition coefficient (Wildman–Crippen LogP) is 2.50. The van der Waals surface area contributed by atoms with Crippen molar-refractivity contribution in [2.75, 3.05) is 32.7 Å². The van der Waals surface area contributed by atoms with E-state index in [0.29, 0.717) is 38.3 Å². The third-order valence-electron chi connectivity index (χ3n) is 5.93. The molecule has 166 valence electrons. The molecule has 3 amide bonds. The van der Waals surface area contributed by atoms with E-state index in [2.05, 4.69) is 22.0 Å². The molecule has 4 rings (SSSR count). The fraction of sp³-hybridized carbons (Fsp3) is 0.320. The first-order chi connectivity index (χ1) is 15.5. The highest BCUT2D eigenvalue weighted by atomic mass is 16.2. The number of carbonyl (C=O) groups is 3. The van der Waals surface area contributed by atoms with Gasteiger partial charge < -0.3 is 19.7 Å². The third-order valence-corrected chi connectivity index (χ3v) is 5.93. The van der Waals surface area contributed by atoms with Crippen LogP contribution in [-0.4, -0.2) is 64.8 Å². The van der Waals surface area contributed by atoms with Gasteiger partial charge >= 0.3 is 0 Å². The normalized spacial score (nSPS) is 13.9.